The summed E-state index contributed by atoms with van der Waals surface area (Å²) in [6.07, 6.45) is 8.36. The van der Waals surface area contributed by atoms with Crippen LogP contribution in [0, 0.1) is 0 Å². The van der Waals surface area contributed by atoms with E-state index in [-0.39, 0.29) is 11.9 Å². The Hall–Kier alpha value is -3.27. The lowest BCUT2D eigenvalue weighted by molar-refractivity contribution is 0.0930. The molecule has 33 heavy (non-hydrogen) atoms. The molecule has 0 bridgehead atoms. The van der Waals surface area contributed by atoms with Crippen LogP contribution >= 0.6 is 0 Å². The van der Waals surface area contributed by atoms with Gasteiger partial charge in [0.1, 0.15) is 18.1 Å². The van der Waals surface area contributed by atoms with E-state index in [1.807, 2.05) is 48.5 Å². The number of hydrogen-bond acceptors (Lipinski definition) is 3. The first-order chi connectivity index (χ1) is 16.2. The molecule has 3 aromatic carbocycles. The summed E-state index contributed by atoms with van der Waals surface area (Å²) in [5.41, 5.74) is 3.83. The molecule has 4 nitrogen and oxygen atoms in total. The predicted molar refractivity (Wildman–Crippen MR) is 133 cm³/mol. The molecule has 1 amide bonds. The second kappa shape index (κ2) is 11.6. The Morgan fingerprint density at radius 3 is 2.21 bits per heavy atom. The summed E-state index contributed by atoms with van der Waals surface area (Å²) in [4.78, 5) is 12.9. The summed E-state index contributed by atoms with van der Waals surface area (Å²) in [7, 11) is 1.64. The van der Waals surface area contributed by atoms with Crippen molar-refractivity contribution in [3.05, 3.63) is 83.9 Å². The van der Waals surface area contributed by atoms with Crippen LogP contribution in [0.3, 0.4) is 0 Å². The molecule has 1 fully saturated rings. The van der Waals surface area contributed by atoms with E-state index in [1.54, 1.807) is 7.11 Å². The molecule has 1 aliphatic carbocycles. The number of hydrogen-bond donors (Lipinski definition) is 1. The van der Waals surface area contributed by atoms with Gasteiger partial charge >= 0.3 is 0 Å². The minimum Gasteiger partial charge on any atom is -0.496 e. The first-order valence-electron chi connectivity index (χ1n) is 12.0. The molecule has 0 aromatic heterocycles. The fourth-order valence-electron chi connectivity index (χ4n) is 4.44. The first-order valence-corrected chi connectivity index (χ1v) is 12.0. The fourth-order valence-corrected chi connectivity index (χ4v) is 4.44. The normalized spacial score (nSPS) is 14.7. The maximum atomic E-state index is 12.9. The molecule has 1 saturated carbocycles. The van der Waals surface area contributed by atoms with Crippen molar-refractivity contribution in [1.82, 2.24) is 5.32 Å². The number of carbonyl (C=O) groups excluding carboxylic acids is 1. The van der Waals surface area contributed by atoms with Gasteiger partial charge in [-0.2, -0.15) is 0 Å². The Bertz CT molecular complexity index is 1020. The smallest absolute Gasteiger partial charge is 0.251 e. The number of nitrogens with one attached hydrogen (secondary N) is 1. The Morgan fingerprint density at radius 1 is 0.848 bits per heavy atom. The van der Waals surface area contributed by atoms with Gasteiger partial charge in [0.15, 0.2) is 0 Å². The van der Waals surface area contributed by atoms with Crippen molar-refractivity contribution in [3.8, 4) is 22.6 Å². The lowest BCUT2D eigenvalue weighted by Crippen LogP contribution is -2.35. The van der Waals surface area contributed by atoms with Crippen molar-refractivity contribution in [2.45, 2.75) is 57.6 Å². The zero-order valence-electron chi connectivity index (χ0n) is 19.4. The molecule has 0 saturated heterocycles. The largest absolute Gasteiger partial charge is 0.496 e. The van der Waals surface area contributed by atoms with Crippen LogP contribution in [0.1, 0.15) is 60.9 Å². The first kappa shape index (κ1) is 22.9. The van der Waals surface area contributed by atoms with Crippen molar-refractivity contribution in [3.63, 3.8) is 0 Å². The van der Waals surface area contributed by atoms with Crippen molar-refractivity contribution >= 4 is 5.91 Å². The Labute approximate surface area is 196 Å². The molecular formula is C29H33NO3. The Balaban J connectivity index is 1.40. The monoisotopic (exact) mass is 443 g/mol. The van der Waals surface area contributed by atoms with Crippen LogP contribution in [0.5, 0.6) is 11.5 Å². The quantitative estimate of drug-likeness (QED) is 0.438. The zero-order chi connectivity index (χ0) is 22.9. The van der Waals surface area contributed by atoms with Gasteiger partial charge in [-0.25, -0.2) is 0 Å². The molecule has 1 aliphatic rings. The van der Waals surface area contributed by atoms with E-state index < -0.39 is 0 Å². The van der Waals surface area contributed by atoms with Crippen LogP contribution in [0.4, 0.5) is 0 Å². The molecule has 172 valence electrons. The SMILES string of the molecule is COc1ccc(C(=O)NC2CCCCCCC2)cc1COc1ccc(-c2ccccc2)cc1. The van der Waals surface area contributed by atoms with Crippen molar-refractivity contribution in [2.75, 3.05) is 7.11 Å². The minimum atomic E-state index is -0.0170. The van der Waals surface area contributed by atoms with Crippen LogP contribution in [-0.4, -0.2) is 19.1 Å². The van der Waals surface area contributed by atoms with E-state index >= 15 is 0 Å². The summed E-state index contributed by atoms with van der Waals surface area (Å²) in [6.45, 7) is 0.332. The van der Waals surface area contributed by atoms with Gasteiger partial charge in [-0.15, -0.1) is 0 Å². The van der Waals surface area contributed by atoms with Gasteiger partial charge in [-0.05, 0) is 54.3 Å². The zero-order valence-corrected chi connectivity index (χ0v) is 19.4. The topological polar surface area (TPSA) is 47.6 Å². The predicted octanol–water partition coefficient (Wildman–Crippen LogP) is 6.78. The van der Waals surface area contributed by atoms with Crippen LogP contribution in [-0.2, 0) is 6.61 Å². The molecule has 0 atom stereocenters. The van der Waals surface area contributed by atoms with Crippen LogP contribution < -0.4 is 14.8 Å². The molecule has 3 aromatic rings. The molecule has 0 heterocycles. The highest BCUT2D eigenvalue weighted by Crippen LogP contribution is 2.25. The van der Waals surface area contributed by atoms with Gasteiger partial charge in [-0.3, -0.25) is 4.79 Å². The number of carbonyl (C=O) groups is 1. The summed E-state index contributed by atoms with van der Waals surface area (Å²) >= 11 is 0. The summed E-state index contributed by atoms with van der Waals surface area (Å²) in [5, 5.41) is 3.24. The van der Waals surface area contributed by atoms with Crippen LogP contribution in [0.2, 0.25) is 0 Å². The third-order valence-corrected chi connectivity index (χ3v) is 6.34. The highest BCUT2D eigenvalue weighted by molar-refractivity contribution is 5.94. The Morgan fingerprint density at radius 2 is 1.52 bits per heavy atom. The van der Waals surface area contributed by atoms with E-state index in [9.17, 15) is 4.79 Å². The molecule has 1 N–H and O–H groups in total. The second-order valence-corrected chi connectivity index (χ2v) is 8.72. The highest BCUT2D eigenvalue weighted by Gasteiger charge is 2.17. The van der Waals surface area contributed by atoms with Gasteiger partial charge in [-0.1, -0.05) is 74.6 Å². The summed E-state index contributed by atoms with van der Waals surface area (Å²) in [5.74, 6) is 1.48. The molecule has 0 aliphatic heterocycles. The summed E-state index contributed by atoms with van der Waals surface area (Å²) in [6, 6.07) is 24.2. The van der Waals surface area contributed by atoms with Gasteiger partial charge in [0, 0.05) is 17.2 Å². The standard InChI is InChI=1S/C29H33NO3/c1-32-28-19-16-24(29(31)30-26-12-8-3-2-4-9-13-26)20-25(28)21-33-27-17-14-23(15-18-27)22-10-6-5-7-11-22/h5-7,10-11,14-20,26H,2-4,8-9,12-13,21H2,1H3,(H,30,31). The van der Waals surface area contributed by atoms with Gasteiger partial charge < -0.3 is 14.8 Å². The summed E-state index contributed by atoms with van der Waals surface area (Å²) < 4.78 is 11.5. The number of methoxy groups -OCH3 is 1. The maximum absolute atomic E-state index is 12.9. The number of rotatable bonds is 7. The Kier molecular flexibility index (Phi) is 8.02. The fraction of sp³-hybridized carbons (Fsp3) is 0.345. The lowest BCUT2D eigenvalue weighted by atomic mass is 9.96. The molecule has 4 heteroatoms. The third-order valence-electron chi connectivity index (χ3n) is 6.34. The molecule has 4 rings (SSSR count). The number of amides is 1. The average molecular weight is 444 g/mol. The van der Waals surface area contributed by atoms with E-state index in [4.69, 9.17) is 9.47 Å². The van der Waals surface area contributed by atoms with Crippen molar-refractivity contribution in [2.24, 2.45) is 0 Å². The van der Waals surface area contributed by atoms with Crippen molar-refractivity contribution < 1.29 is 14.3 Å². The van der Waals surface area contributed by atoms with Crippen molar-refractivity contribution in [1.29, 1.82) is 0 Å². The van der Waals surface area contributed by atoms with E-state index in [1.165, 1.54) is 37.7 Å². The minimum absolute atomic E-state index is 0.0170. The van der Waals surface area contributed by atoms with Gasteiger partial charge in [0.2, 0.25) is 0 Å². The van der Waals surface area contributed by atoms with Crippen LogP contribution in [0.15, 0.2) is 72.8 Å². The maximum Gasteiger partial charge on any atom is 0.251 e. The average Bonchev–Trinajstić information content (AvgIpc) is 2.85. The third kappa shape index (κ3) is 6.38. The lowest BCUT2D eigenvalue weighted by Gasteiger charge is -2.21. The van der Waals surface area contributed by atoms with Gasteiger partial charge in [0.25, 0.3) is 5.91 Å². The van der Waals surface area contributed by atoms with Crippen LogP contribution in [0.25, 0.3) is 11.1 Å². The second-order valence-electron chi connectivity index (χ2n) is 8.72. The number of ether oxygens (including phenoxy) is 2. The molecule has 0 radical (unpaired) electrons. The molecule has 0 spiro atoms. The number of benzene rings is 3. The van der Waals surface area contributed by atoms with E-state index in [0.717, 1.165) is 35.5 Å². The highest BCUT2D eigenvalue weighted by atomic mass is 16.5. The molecular weight excluding hydrogens is 410 g/mol. The van der Waals surface area contributed by atoms with E-state index in [2.05, 4.69) is 29.6 Å². The molecule has 0 unspecified atom stereocenters. The van der Waals surface area contributed by atoms with Gasteiger partial charge in [0.05, 0.1) is 7.11 Å². The van der Waals surface area contributed by atoms with E-state index in [0.29, 0.717) is 12.2 Å².